The molecule has 3 N–H and O–H groups in total. The summed E-state index contributed by atoms with van der Waals surface area (Å²) in [6.07, 6.45) is 37.6. The van der Waals surface area contributed by atoms with E-state index < -0.39 is 97.5 Å². The van der Waals surface area contributed by atoms with Crippen LogP contribution in [0.5, 0.6) is 0 Å². The normalized spacial score (nSPS) is 14.3. The number of esters is 4. The first-order valence-electron chi connectivity index (χ1n) is 33.8. The van der Waals surface area contributed by atoms with Crippen molar-refractivity contribution >= 4 is 39.5 Å². The van der Waals surface area contributed by atoms with Crippen LogP contribution in [0.4, 0.5) is 0 Å². The van der Waals surface area contributed by atoms with Crippen LogP contribution in [0.25, 0.3) is 0 Å². The Morgan fingerprint density at radius 3 is 0.810 bits per heavy atom. The van der Waals surface area contributed by atoms with Crippen LogP contribution >= 0.6 is 15.6 Å². The molecule has 0 radical (unpaired) electrons. The Labute approximate surface area is 511 Å². The highest BCUT2D eigenvalue weighted by Crippen LogP contribution is 2.45. The zero-order valence-corrected chi connectivity index (χ0v) is 56.1. The topological polar surface area (TPSA) is 237 Å². The van der Waals surface area contributed by atoms with E-state index in [2.05, 4.69) is 48.5 Å². The number of phosphoric acid groups is 2. The minimum atomic E-state index is -4.95. The SMILES string of the molecule is CCCCCCCCCCC(=O)OC[C@H](COP(=O)(O)OC[C@H](O)COP(=O)(O)OC[C@@H](COC(=O)CCCCCCCCCCCC(C)C)OC(=O)CCCCCCCCCCCCC(C)C)OC(=O)CCCCCCCCCCC(C)C. The molecule has 84 heavy (non-hydrogen) atoms. The van der Waals surface area contributed by atoms with Crippen molar-refractivity contribution in [3.63, 3.8) is 0 Å². The van der Waals surface area contributed by atoms with Crippen molar-refractivity contribution in [1.82, 2.24) is 0 Å². The molecule has 2 unspecified atom stereocenters. The summed E-state index contributed by atoms with van der Waals surface area (Å²) < 4.78 is 68.0. The predicted molar refractivity (Wildman–Crippen MR) is 335 cm³/mol. The summed E-state index contributed by atoms with van der Waals surface area (Å²) in [5.41, 5.74) is 0. The van der Waals surface area contributed by atoms with E-state index in [1.807, 2.05) is 0 Å². The Balaban J connectivity index is 5.24. The number of carbonyl (C=O) groups excluding carboxylic acids is 4. The van der Waals surface area contributed by atoms with Gasteiger partial charge in [-0.25, -0.2) is 9.13 Å². The number of unbranched alkanes of at least 4 members (excludes halogenated alkanes) is 31. The second-order valence-electron chi connectivity index (χ2n) is 24.9. The number of aliphatic hydroxyl groups is 1. The molecule has 0 fully saturated rings. The molecular weight excluding hydrogens is 1110 g/mol. The van der Waals surface area contributed by atoms with E-state index >= 15 is 0 Å². The van der Waals surface area contributed by atoms with E-state index in [-0.39, 0.29) is 25.7 Å². The first kappa shape index (κ1) is 82.1. The Morgan fingerprint density at radius 1 is 0.321 bits per heavy atom. The molecule has 498 valence electrons. The lowest BCUT2D eigenvalue weighted by Crippen LogP contribution is -2.30. The minimum Gasteiger partial charge on any atom is -0.462 e. The third-order valence-corrected chi connectivity index (χ3v) is 16.8. The van der Waals surface area contributed by atoms with Gasteiger partial charge in [-0.3, -0.25) is 37.3 Å². The van der Waals surface area contributed by atoms with Crippen molar-refractivity contribution in [2.75, 3.05) is 39.6 Å². The summed E-state index contributed by atoms with van der Waals surface area (Å²) in [4.78, 5) is 72.2. The van der Waals surface area contributed by atoms with Gasteiger partial charge in [0.05, 0.1) is 26.4 Å². The highest BCUT2D eigenvalue weighted by atomic mass is 31.2. The molecule has 0 aliphatic heterocycles. The lowest BCUT2D eigenvalue weighted by Gasteiger charge is -2.21. The number of rotatable bonds is 63. The van der Waals surface area contributed by atoms with Crippen LogP contribution in [0.2, 0.25) is 0 Å². The molecule has 0 spiro atoms. The van der Waals surface area contributed by atoms with E-state index in [1.54, 1.807) is 0 Å². The fourth-order valence-corrected chi connectivity index (χ4v) is 11.2. The zero-order valence-electron chi connectivity index (χ0n) is 54.4. The van der Waals surface area contributed by atoms with Crippen molar-refractivity contribution in [3.05, 3.63) is 0 Å². The largest absolute Gasteiger partial charge is 0.472 e. The van der Waals surface area contributed by atoms with Crippen LogP contribution < -0.4 is 0 Å². The van der Waals surface area contributed by atoms with Gasteiger partial charge in [0.1, 0.15) is 19.3 Å². The number of aliphatic hydroxyl groups excluding tert-OH is 1. The van der Waals surface area contributed by atoms with Crippen LogP contribution in [0.1, 0.15) is 318 Å². The lowest BCUT2D eigenvalue weighted by molar-refractivity contribution is -0.161. The smallest absolute Gasteiger partial charge is 0.462 e. The molecule has 0 bridgehead atoms. The maximum Gasteiger partial charge on any atom is 0.472 e. The highest BCUT2D eigenvalue weighted by Gasteiger charge is 2.30. The van der Waals surface area contributed by atoms with Gasteiger partial charge in [-0.05, 0) is 43.4 Å². The molecule has 0 saturated carbocycles. The van der Waals surface area contributed by atoms with Crippen LogP contribution in [0, 0.1) is 17.8 Å². The molecule has 0 rings (SSSR count). The summed E-state index contributed by atoms with van der Waals surface area (Å²) in [5, 5.41) is 10.5. The van der Waals surface area contributed by atoms with Gasteiger partial charge in [-0.2, -0.15) is 0 Å². The summed E-state index contributed by atoms with van der Waals surface area (Å²) in [6.45, 7) is 11.7. The van der Waals surface area contributed by atoms with Crippen molar-refractivity contribution in [3.8, 4) is 0 Å². The van der Waals surface area contributed by atoms with Crippen molar-refractivity contribution < 1.29 is 80.2 Å². The van der Waals surface area contributed by atoms with Gasteiger partial charge in [0.2, 0.25) is 0 Å². The van der Waals surface area contributed by atoms with Crippen LogP contribution in [-0.4, -0.2) is 96.7 Å². The van der Waals surface area contributed by atoms with E-state index in [0.29, 0.717) is 25.7 Å². The highest BCUT2D eigenvalue weighted by molar-refractivity contribution is 7.47. The molecule has 0 amide bonds. The summed E-state index contributed by atoms with van der Waals surface area (Å²) in [5.74, 6) is 0.0768. The number of hydrogen-bond donors (Lipinski definition) is 3. The molecule has 5 atom stereocenters. The maximum atomic E-state index is 13.0. The van der Waals surface area contributed by atoms with Gasteiger partial charge in [0.15, 0.2) is 12.2 Å². The second-order valence-corrected chi connectivity index (χ2v) is 27.8. The first-order chi connectivity index (χ1) is 40.2. The first-order valence-corrected chi connectivity index (χ1v) is 36.8. The van der Waals surface area contributed by atoms with Gasteiger partial charge in [0.25, 0.3) is 0 Å². The Hall–Kier alpha value is -1.94. The molecule has 0 aliphatic carbocycles. The van der Waals surface area contributed by atoms with E-state index in [0.717, 1.165) is 114 Å². The molecule has 0 aromatic carbocycles. The van der Waals surface area contributed by atoms with Crippen molar-refractivity contribution in [1.29, 1.82) is 0 Å². The number of phosphoric ester groups is 2. The Morgan fingerprint density at radius 2 is 0.548 bits per heavy atom. The fourth-order valence-electron chi connectivity index (χ4n) is 9.66. The number of ether oxygens (including phenoxy) is 4. The molecule has 0 saturated heterocycles. The molecule has 0 aliphatic rings. The number of hydrogen-bond acceptors (Lipinski definition) is 15. The fraction of sp³-hybridized carbons (Fsp3) is 0.938. The summed E-state index contributed by atoms with van der Waals surface area (Å²) in [6, 6.07) is 0. The maximum absolute atomic E-state index is 13.0. The summed E-state index contributed by atoms with van der Waals surface area (Å²) >= 11 is 0. The summed E-state index contributed by atoms with van der Waals surface area (Å²) in [7, 11) is -9.89. The minimum absolute atomic E-state index is 0.104. The number of carbonyl (C=O) groups is 4. The zero-order chi connectivity index (χ0) is 62.4. The quantitative estimate of drug-likeness (QED) is 0.0222. The molecule has 0 aromatic heterocycles. The van der Waals surface area contributed by atoms with E-state index in [1.165, 1.54) is 122 Å². The molecule has 0 aromatic rings. The predicted octanol–water partition coefficient (Wildman–Crippen LogP) is 17.9. The van der Waals surface area contributed by atoms with Crippen molar-refractivity contribution in [2.45, 2.75) is 336 Å². The monoisotopic (exact) mass is 1240 g/mol. The molecule has 0 heterocycles. The average molecular weight is 1240 g/mol. The van der Waals surface area contributed by atoms with Gasteiger partial charge in [-0.1, -0.05) is 267 Å². The van der Waals surface area contributed by atoms with Crippen LogP contribution in [0.3, 0.4) is 0 Å². The van der Waals surface area contributed by atoms with Crippen LogP contribution in [-0.2, 0) is 65.4 Å². The Bertz CT molecular complexity index is 1660. The lowest BCUT2D eigenvalue weighted by atomic mass is 10.0. The Kier molecular flexibility index (Phi) is 55.0. The van der Waals surface area contributed by atoms with Gasteiger partial charge < -0.3 is 33.8 Å². The third kappa shape index (κ3) is 59.0. The van der Waals surface area contributed by atoms with E-state index in [4.69, 9.17) is 37.0 Å². The third-order valence-electron chi connectivity index (χ3n) is 14.9. The van der Waals surface area contributed by atoms with Gasteiger partial charge >= 0.3 is 39.5 Å². The van der Waals surface area contributed by atoms with Gasteiger partial charge in [0, 0.05) is 25.7 Å². The molecule has 19 heteroatoms. The van der Waals surface area contributed by atoms with Gasteiger partial charge in [-0.15, -0.1) is 0 Å². The van der Waals surface area contributed by atoms with Crippen LogP contribution in [0.15, 0.2) is 0 Å². The molecule has 17 nitrogen and oxygen atoms in total. The molecular formula is C65H126O17P2. The van der Waals surface area contributed by atoms with E-state index in [9.17, 15) is 43.2 Å². The average Bonchev–Trinajstić information content (AvgIpc) is 3.58. The standard InChI is InChI=1S/C65H126O17P2/c1-8-9-10-11-12-25-32-39-46-62(67)75-52-60(82-65(70)49-42-35-28-21-20-24-31-38-45-58(6)7)54-79-83(71,72)77-50-59(66)51-78-84(73,74)80-55-61(53-76-63(68)47-40-33-26-19-15-17-23-30-37-44-57(4)5)81-64(69)48-41-34-27-18-14-13-16-22-29-36-43-56(2)3/h56-61,66H,8-55H2,1-7H3,(H,71,72)(H,73,74)/t59-,60+,61+/m0/s1. The second kappa shape index (κ2) is 56.3. The van der Waals surface area contributed by atoms with Crippen molar-refractivity contribution in [2.24, 2.45) is 17.8 Å².